The van der Waals surface area contributed by atoms with Crippen LogP contribution in [0.3, 0.4) is 0 Å². The number of halogens is 1. The number of hydrogen-bond acceptors (Lipinski definition) is 4. The Morgan fingerprint density at radius 2 is 2.15 bits per heavy atom. The number of nitrogens with zero attached hydrogens (tertiary/aromatic N) is 3. The second-order valence-corrected chi connectivity index (χ2v) is 6.21. The smallest absolute Gasteiger partial charge is 0.230 e. The highest BCUT2D eigenvalue weighted by Gasteiger charge is 2.11. The van der Waals surface area contributed by atoms with Crippen molar-refractivity contribution < 1.29 is 4.79 Å². The van der Waals surface area contributed by atoms with Gasteiger partial charge in [0.05, 0.1) is 11.8 Å². The van der Waals surface area contributed by atoms with Crippen LogP contribution in [0.1, 0.15) is 18.5 Å². The van der Waals surface area contributed by atoms with Gasteiger partial charge < -0.3 is 9.88 Å². The first-order valence-corrected chi connectivity index (χ1v) is 7.85. The van der Waals surface area contributed by atoms with Gasteiger partial charge in [0.2, 0.25) is 5.91 Å². The summed E-state index contributed by atoms with van der Waals surface area (Å²) in [7, 11) is 1.85. The van der Waals surface area contributed by atoms with Crippen LogP contribution in [0.15, 0.2) is 40.2 Å². The minimum absolute atomic E-state index is 0.0179. The van der Waals surface area contributed by atoms with Gasteiger partial charge in [0, 0.05) is 11.5 Å². The van der Waals surface area contributed by atoms with Gasteiger partial charge in [-0.15, -0.1) is 10.2 Å². The van der Waals surface area contributed by atoms with Gasteiger partial charge in [0.15, 0.2) is 5.16 Å². The molecule has 7 heteroatoms. The molecule has 106 valence electrons. The van der Waals surface area contributed by atoms with Crippen molar-refractivity contribution in [1.29, 1.82) is 0 Å². The summed E-state index contributed by atoms with van der Waals surface area (Å²) in [6.45, 7) is 1.97. The van der Waals surface area contributed by atoms with E-state index in [1.165, 1.54) is 11.8 Å². The minimum atomic E-state index is -0.0200. The molecule has 0 spiro atoms. The summed E-state index contributed by atoms with van der Waals surface area (Å²) in [6.07, 6.45) is 1.62. The van der Waals surface area contributed by atoms with E-state index in [-0.39, 0.29) is 11.9 Å². The highest BCUT2D eigenvalue weighted by atomic mass is 79.9. The zero-order chi connectivity index (χ0) is 14.5. The maximum Gasteiger partial charge on any atom is 0.230 e. The molecule has 0 aliphatic heterocycles. The number of carbonyl (C=O) groups excluding carboxylic acids is 1. The van der Waals surface area contributed by atoms with Crippen molar-refractivity contribution in [1.82, 2.24) is 20.1 Å². The average Bonchev–Trinajstić information content (AvgIpc) is 2.82. The Bertz CT molecular complexity index is 584. The van der Waals surface area contributed by atoms with E-state index in [2.05, 4.69) is 31.4 Å². The Kier molecular flexibility index (Phi) is 5.19. The molecule has 0 saturated heterocycles. The van der Waals surface area contributed by atoms with Crippen LogP contribution < -0.4 is 5.32 Å². The number of aryl methyl sites for hydroxylation is 1. The summed E-state index contributed by atoms with van der Waals surface area (Å²) in [5.74, 6) is 0.307. The molecule has 1 heterocycles. The van der Waals surface area contributed by atoms with Crippen molar-refractivity contribution in [3.05, 3.63) is 40.6 Å². The van der Waals surface area contributed by atoms with Crippen LogP contribution >= 0.6 is 27.7 Å². The number of carbonyl (C=O) groups is 1. The zero-order valence-electron chi connectivity index (χ0n) is 11.2. The highest BCUT2D eigenvalue weighted by Crippen LogP contribution is 2.17. The van der Waals surface area contributed by atoms with Crippen molar-refractivity contribution in [3.63, 3.8) is 0 Å². The molecule has 5 nitrogen and oxygen atoms in total. The molecule has 0 aliphatic rings. The van der Waals surface area contributed by atoms with E-state index in [1.807, 2.05) is 38.2 Å². The van der Waals surface area contributed by atoms with E-state index in [4.69, 9.17) is 0 Å². The summed E-state index contributed by atoms with van der Waals surface area (Å²) >= 11 is 4.76. The maximum atomic E-state index is 11.9. The van der Waals surface area contributed by atoms with Crippen molar-refractivity contribution in [2.24, 2.45) is 7.05 Å². The molecule has 2 rings (SSSR count). The fourth-order valence-electron chi connectivity index (χ4n) is 1.65. The predicted octanol–water partition coefficient (Wildman–Crippen LogP) is 2.55. The molecule has 1 aromatic carbocycles. The number of amides is 1. The van der Waals surface area contributed by atoms with Crippen molar-refractivity contribution in [2.75, 3.05) is 5.75 Å². The predicted molar refractivity (Wildman–Crippen MR) is 82.4 cm³/mol. The molecule has 0 fully saturated rings. The summed E-state index contributed by atoms with van der Waals surface area (Å²) in [4.78, 5) is 11.9. The van der Waals surface area contributed by atoms with Crippen LogP contribution in [0.5, 0.6) is 0 Å². The van der Waals surface area contributed by atoms with Gasteiger partial charge in [-0.3, -0.25) is 4.79 Å². The van der Waals surface area contributed by atoms with Gasteiger partial charge in [-0.2, -0.15) is 0 Å². The van der Waals surface area contributed by atoms with Crippen LogP contribution in [0.25, 0.3) is 0 Å². The largest absolute Gasteiger partial charge is 0.349 e. The average molecular weight is 355 g/mol. The summed E-state index contributed by atoms with van der Waals surface area (Å²) in [5, 5.41) is 11.4. The zero-order valence-corrected chi connectivity index (χ0v) is 13.6. The molecule has 2 aromatic rings. The van der Waals surface area contributed by atoms with Crippen LogP contribution in [0.4, 0.5) is 0 Å². The number of benzene rings is 1. The summed E-state index contributed by atoms with van der Waals surface area (Å²) in [5.41, 5.74) is 1.07. The molecule has 1 atom stereocenters. The Morgan fingerprint density at radius 3 is 2.75 bits per heavy atom. The second-order valence-electron chi connectivity index (χ2n) is 4.35. The topological polar surface area (TPSA) is 59.8 Å². The molecule has 0 radical (unpaired) electrons. The molecular formula is C13H15BrN4OS. The van der Waals surface area contributed by atoms with E-state index in [1.54, 1.807) is 10.9 Å². The third-order valence-corrected chi connectivity index (χ3v) is 4.31. The summed E-state index contributed by atoms with van der Waals surface area (Å²) < 4.78 is 2.81. The Labute approximate surface area is 130 Å². The van der Waals surface area contributed by atoms with Gasteiger partial charge in [0.25, 0.3) is 0 Å². The minimum Gasteiger partial charge on any atom is -0.349 e. The number of thioether (sulfide) groups is 1. The van der Waals surface area contributed by atoms with Crippen LogP contribution in [0.2, 0.25) is 0 Å². The van der Waals surface area contributed by atoms with E-state index in [0.29, 0.717) is 5.75 Å². The second kappa shape index (κ2) is 6.90. The fourth-order valence-corrected chi connectivity index (χ4v) is 2.61. The van der Waals surface area contributed by atoms with Crippen LogP contribution in [-0.4, -0.2) is 26.4 Å². The number of nitrogens with one attached hydrogen (secondary N) is 1. The van der Waals surface area contributed by atoms with Gasteiger partial charge >= 0.3 is 0 Å². The van der Waals surface area contributed by atoms with Crippen molar-refractivity contribution >= 4 is 33.6 Å². The lowest BCUT2D eigenvalue weighted by Gasteiger charge is -2.14. The normalized spacial score (nSPS) is 12.2. The first-order valence-electron chi connectivity index (χ1n) is 6.08. The lowest BCUT2D eigenvalue weighted by molar-refractivity contribution is -0.119. The third-order valence-electron chi connectivity index (χ3n) is 2.75. The Balaban J connectivity index is 1.85. The number of rotatable bonds is 5. The van der Waals surface area contributed by atoms with Crippen LogP contribution in [0, 0.1) is 0 Å². The molecule has 0 bridgehead atoms. The van der Waals surface area contributed by atoms with E-state index in [9.17, 15) is 4.79 Å². The molecule has 0 unspecified atom stereocenters. The summed E-state index contributed by atoms with van der Waals surface area (Å²) in [6, 6.07) is 7.89. The lowest BCUT2D eigenvalue weighted by atomic mass is 10.1. The Hall–Kier alpha value is -1.34. The first-order chi connectivity index (χ1) is 9.56. The van der Waals surface area contributed by atoms with E-state index < -0.39 is 0 Å². The van der Waals surface area contributed by atoms with E-state index >= 15 is 0 Å². The van der Waals surface area contributed by atoms with Gasteiger partial charge in [-0.1, -0.05) is 39.8 Å². The molecular weight excluding hydrogens is 340 g/mol. The van der Waals surface area contributed by atoms with Gasteiger partial charge in [-0.25, -0.2) is 0 Å². The van der Waals surface area contributed by atoms with Gasteiger partial charge in [-0.05, 0) is 24.6 Å². The lowest BCUT2D eigenvalue weighted by Crippen LogP contribution is -2.28. The molecule has 0 aliphatic carbocycles. The SMILES string of the molecule is C[C@@H](NC(=O)CSc1nncn1C)c1ccc(Br)cc1. The molecule has 1 aromatic heterocycles. The van der Waals surface area contributed by atoms with E-state index in [0.717, 1.165) is 15.2 Å². The standard InChI is InChI=1S/C13H15BrN4OS/c1-9(10-3-5-11(14)6-4-10)16-12(19)7-20-13-17-15-8-18(13)2/h3-6,8-9H,7H2,1-2H3,(H,16,19)/t9-/m1/s1. The first kappa shape index (κ1) is 15.1. The highest BCUT2D eigenvalue weighted by molar-refractivity contribution is 9.10. The third kappa shape index (κ3) is 4.08. The van der Waals surface area contributed by atoms with Crippen molar-refractivity contribution in [2.45, 2.75) is 18.1 Å². The van der Waals surface area contributed by atoms with Crippen LogP contribution in [-0.2, 0) is 11.8 Å². The molecule has 20 heavy (non-hydrogen) atoms. The van der Waals surface area contributed by atoms with Gasteiger partial charge in [0.1, 0.15) is 6.33 Å². The number of hydrogen-bond donors (Lipinski definition) is 1. The number of aromatic nitrogens is 3. The van der Waals surface area contributed by atoms with Crippen molar-refractivity contribution in [3.8, 4) is 0 Å². The monoisotopic (exact) mass is 354 g/mol. The molecule has 0 saturated carbocycles. The fraction of sp³-hybridized carbons (Fsp3) is 0.308. The Morgan fingerprint density at radius 1 is 1.45 bits per heavy atom. The molecule has 1 amide bonds. The molecule has 1 N–H and O–H groups in total. The quantitative estimate of drug-likeness (QED) is 0.838. The maximum absolute atomic E-state index is 11.9.